The molecule has 2 aromatic rings. The summed E-state index contributed by atoms with van der Waals surface area (Å²) in [6.07, 6.45) is 0. The summed E-state index contributed by atoms with van der Waals surface area (Å²) in [6, 6.07) is 11.1. The van der Waals surface area contributed by atoms with Crippen molar-refractivity contribution < 1.29 is 14.5 Å². The fourth-order valence-electron chi connectivity index (χ4n) is 2.65. The van der Waals surface area contributed by atoms with Crippen LogP contribution in [0.5, 0.6) is 0 Å². The van der Waals surface area contributed by atoms with Gasteiger partial charge in [-0.1, -0.05) is 23.7 Å². The van der Waals surface area contributed by atoms with Crippen LogP contribution in [0.15, 0.2) is 36.4 Å². The maximum atomic E-state index is 12.2. The first-order chi connectivity index (χ1) is 12.3. The summed E-state index contributed by atoms with van der Waals surface area (Å²) >= 11 is 5.92. The number of rotatable bonds is 6. The molecule has 0 saturated heterocycles. The van der Waals surface area contributed by atoms with Crippen LogP contribution >= 0.6 is 11.6 Å². The van der Waals surface area contributed by atoms with Gasteiger partial charge in [-0.25, -0.2) is 0 Å². The summed E-state index contributed by atoms with van der Waals surface area (Å²) in [7, 11) is 1.82. The van der Waals surface area contributed by atoms with Crippen LogP contribution < -0.4 is 15.5 Å². The minimum absolute atomic E-state index is 0.119. The normalized spacial score (nSPS) is 11.7. The smallest absolute Gasteiger partial charge is 0.279 e. The molecule has 2 amide bonds. The van der Waals surface area contributed by atoms with Crippen LogP contribution in [0.3, 0.4) is 0 Å². The quantitative estimate of drug-likeness (QED) is 0.726. The first-order valence-electron chi connectivity index (χ1n) is 8.49. The molecular weight excluding hydrogens is 350 g/mol. The number of benzene rings is 2. The SMILES string of the molecule is Cc1cc(Cl)ccc1NC(=O)C[NH+](C)CC(=O)Nc1cccc(C)c1C. The Bertz CT molecular complexity index is 821. The van der Waals surface area contributed by atoms with E-state index in [1.165, 1.54) is 0 Å². The zero-order valence-corrected chi connectivity index (χ0v) is 16.3. The summed E-state index contributed by atoms with van der Waals surface area (Å²) in [5.41, 5.74) is 4.61. The standard InChI is InChI=1S/C20H24ClN3O2/c1-13-6-5-7-18(15(13)3)23-20(26)12-24(4)11-19(25)22-17-9-8-16(21)10-14(17)2/h5-10H,11-12H2,1-4H3,(H,22,25)(H,23,26)/p+1. The van der Waals surface area contributed by atoms with Gasteiger partial charge in [-0.05, 0) is 61.7 Å². The Hall–Kier alpha value is -2.37. The van der Waals surface area contributed by atoms with E-state index in [4.69, 9.17) is 11.6 Å². The summed E-state index contributed by atoms with van der Waals surface area (Å²) < 4.78 is 0. The first-order valence-corrected chi connectivity index (χ1v) is 8.87. The second kappa shape index (κ2) is 8.83. The summed E-state index contributed by atoms with van der Waals surface area (Å²) in [5.74, 6) is -0.265. The average Bonchev–Trinajstić information content (AvgIpc) is 2.54. The molecule has 0 heterocycles. The molecule has 0 radical (unpaired) electrons. The summed E-state index contributed by atoms with van der Waals surface area (Å²) in [4.78, 5) is 25.2. The van der Waals surface area contributed by atoms with Crippen LogP contribution in [0.4, 0.5) is 11.4 Å². The van der Waals surface area contributed by atoms with E-state index in [-0.39, 0.29) is 24.9 Å². The van der Waals surface area contributed by atoms with Gasteiger partial charge in [0.15, 0.2) is 13.1 Å². The van der Waals surface area contributed by atoms with Crippen molar-refractivity contribution in [1.82, 2.24) is 0 Å². The van der Waals surface area contributed by atoms with E-state index >= 15 is 0 Å². The molecule has 0 aliphatic heterocycles. The van der Waals surface area contributed by atoms with Gasteiger partial charge in [-0.2, -0.15) is 0 Å². The van der Waals surface area contributed by atoms with Gasteiger partial charge in [0.2, 0.25) is 0 Å². The van der Waals surface area contributed by atoms with Crippen molar-refractivity contribution >= 4 is 34.8 Å². The van der Waals surface area contributed by atoms with E-state index in [9.17, 15) is 9.59 Å². The lowest BCUT2D eigenvalue weighted by molar-refractivity contribution is -0.862. The molecule has 0 aliphatic rings. The average molecular weight is 375 g/mol. The molecule has 1 atom stereocenters. The lowest BCUT2D eigenvalue weighted by atomic mass is 10.1. The number of anilines is 2. The first kappa shape index (κ1) is 19.9. The molecule has 26 heavy (non-hydrogen) atoms. The third-order valence-corrected chi connectivity index (χ3v) is 4.50. The van der Waals surface area contributed by atoms with Crippen molar-refractivity contribution in [3.8, 4) is 0 Å². The van der Waals surface area contributed by atoms with Gasteiger partial charge < -0.3 is 15.5 Å². The van der Waals surface area contributed by atoms with Crippen molar-refractivity contribution in [3.05, 3.63) is 58.1 Å². The number of hydrogen-bond donors (Lipinski definition) is 3. The second-order valence-electron chi connectivity index (χ2n) is 6.61. The molecule has 0 aromatic heterocycles. The Morgan fingerprint density at radius 3 is 2.15 bits per heavy atom. The molecule has 0 saturated carbocycles. The monoisotopic (exact) mass is 374 g/mol. The molecule has 0 bridgehead atoms. The lowest BCUT2D eigenvalue weighted by Crippen LogP contribution is -3.11. The Kier molecular flexibility index (Phi) is 6.77. The maximum absolute atomic E-state index is 12.2. The number of nitrogens with one attached hydrogen (secondary N) is 3. The molecule has 6 heteroatoms. The van der Waals surface area contributed by atoms with Crippen molar-refractivity contribution in [2.45, 2.75) is 20.8 Å². The van der Waals surface area contributed by atoms with Crippen molar-refractivity contribution in [2.75, 3.05) is 30.8 Å². The van der Waals surface area contributed by atoms with E-state index in [0.717, 1.165) is 33.0 Å². The minimum Gasteiger partial charge on any atom is -0.322 e. The summed E-state index contributed by atoms with van der Waals surface area (Å²) in [6.45, 7) is 6.27. The van der Waals surface area contributed by atoms with E-state index in [1.54, 1.807) is 18.2 Å². The number of quaternary nitrogens is 1. The van der Waals surface area contributed by atoms with Crippen LogP contribution in [-0.4, -0.2) is 32.0 Å². The van der Waals surface area contributed by atoms with Crippen molar-refractivity contribution in [1.29, 1.82) is 0 Å². The largest absolute Gasteiger partial charge is 0.322 e. The highest BCUT2D eigenvalue weighted by molar-refractivity contribution is 6.30. The van der Waals surface area contributed by atoms with Gasteiger partial charge in [0, 0.05) is 16.4 Å². The van der Waals surface area contributed by atoms with E-state index in [0.29, 0.717) is 5.02 Å². The van der Waals surface area contributed by atoms with Crippen molar-refractivity contribution in [3.63, 3.8) is 0 Å². The van der Waals surface area contributed by atoms with Gasteiger partial charge in [0.25, 0.3) is 11.8 Å². The van der Waals surface area contributed by atoms with Crippen LogP contribution in [-0.2, 0) is 9.59 Å². The third kappa shape index (κ3) is 5.58. The van der Waals surface area contributed by atoms with Crippen molar-refractivity contribution in [2.24, 2.45) is 0 Å². The number of likely N-dealkylation sites (N-methyl/N-ethyl adjacent to an activating group) is 1. The molecule has 0 aliphatic carbocycles. The fraction of sp³-hybridized carbons (Fsp3) is 0.300. The summed E-state index contributed by atoms with van der Waals surface area (Å²) in [5, 5.41) is 6.40. The van der Waals surface area contributed by atoms with Gasteiger partial charge in [0.1, 0.15) is 0 Å². The number of aryl methyl sites for hydroxylation is 2. The molecule has 5 nitrogen and oxygen atoms in total. The van der Waals surface area contributed by atoms with E-state index in [2.05, 4.69) is 10.6 Å². The molecule has 0 fully saturated rings. The highest BCUT2D eigenvalue weighted by Gasteiger charge is 2.16. The number of carbonyl (C=O) groups is 2. The number of halogens is 1. The molecule has 1 unspecified atom stereocenters. The van der Waals surface area contributed by atoms with E-state index in [1.807, 2.05) is 46.0 Å². The number of amides is 2. The highest BCUT2D eigenvalue weighted by Crippen LogP contribution is 2.19. The predicted octanol–water partition coefficient (Wildman–Crippen LogP) is 2.36. The molecular formula is C20H25ClN3O2+. The number of hydrogen-bond acceptors (Lipinski definition) is 2. The zero-order valence-electron chi connectivity index (χ0n) is 15.6. The Morgan fingerprint density at radius 2 is 1.54 bits per heavy atom. The van der Waals surface area contributed by atoms with Crippen LogP contribution in [0, 0.1) is 20.8 Å². The van der Waals surface area contributed by atoms with Crippen LogP contribution in [0.25, 0.3) is 0 Å². The molecule has 0 spiro atoms. The maximum Gasteiger partial charge on any atom is 0.279 e. The molecule has 2 rings (SSSR count). The Labute approximate surface area is 159 Å². The van der Waals surface area contributed by atoms with Crippen LogP contribution in [0.2, 0.25) is 5.02 Å². The highest BCUT2D eigenvalue weighted by atomic mass is 35.5. The van der Waals surface area contributed by atoms with Gasteiger partial charge in [-0.3, -0.25) is 9.59 Å². The zero-order chi connectivity index (χ0) is 19.3. The molecule has 138 valence electrons. The minimum atomic E-state index is -0.146. The Balaban J connectivity index is 1.87. The second-order valence-corrected chi connectivity index (χ2v) is 7.05. The van der Waals surface area contributed by atoms with E-state index < -0.39 is 0 Å². The van der Waals surface area contributed by atoms with Gasteiger partial charge in [-0.15, -0.1) is 0 Å². The van der Waals surface area contributed by atoms with Crippen LogP contribution in [0.1, 0.15) is 16.7 Å². The van der Waals surface area contributed by atoms with Gasteiger partial charge in [0.05, 0.1) is 7.05 Å². The fourth-order valence-corrected chi connectivity index (χ4v) is 2.88. The Morgan fingerprint density at radius 1 is 0.923 bits per heavy atom. The third-order valence-electron chi connectivity index (χ3n) is 4.27. The van der Waals surface area contributed by atoms with Gasteiger partial charge >= 0.3 is 0 Å². The molecule has 3 N–H and O–H groups in total. The lowest BCUT2D eigenvalue weighted by Gasteiger charge is -2.15. The number of carbonyl (C=O) groups excluding carboxylic acids is 2. The molecule has 2 aromatic carbocycles. The topological polar surface area (TPSA) is 62.6 Å². The predicted molar refractivity (Wildman–Crippen MR) is 106 cm³/mol.